The highest BCUT2D eigenvalue weighted by Gasteiger charge is 2.27. The number of aryl methyl sites for hydroxylation is 1. The number of guanidine groups is 1. The normalized spacial score (nSPS) is 21.6. The van der Waals surface area contributed by atoms with Gasteiger partial charge >= 0.3 is 0 Å². The van der Waals surface area contributed by atoms with Crippen molar-refractivity contribution in [3.05, 3.63) is 11.6 Å². The Balaban J connectivity index is 0.00000261. The van der Waals surface area contributed by atoms with Crippen LogP contribution < -0.4 is 10.6 Å². The molecule has 0 atom stereocenters. The topological polar surface area (TPSA) is 67.1 Å². The molecule has 2 saturated carbocycles. The molecule has 27 heavy (non-hydrogen) atoms. The fourth-order valence-corrected chi connectivity index (χ4v) is 4.05. The highest BCUT2D eigenvalue weighted by molar-refractivity contribution is 14.0. The van der Waals surface area contributed by atoms with Gasteiger partial charge in [-0.2, -0.15) is 0 Å². The summed E-state index contributed by atoms with van der Waals surface area (Å²) in [5.41, 5.74) is 0.489. The monoisotopic (exact) mass is 488 g/mol. The van der Waals surface area contributed by atoms with E-state index in [0.29, 0.717) is 24.0 Å². The lowest BCUT2D eigenvalue weighted by atomic mass is 9.75. The largest absolute Gasteiger partial charge is 0.354 e. The highest BCUT2D eigenvalue weighted by Crippen LogP contribution is 2.35. The van der Waals surface area contributed by atoms with E-state index >= 15 is 0 Å². The number of aliphatic imine (C=N–C) groups is 1. The van der Waals surface area contributed by atoms with Gasteiger partial charge in [-0.15, -0.1) is 34.2 Å². The van der Waals surface area contributed by atoms with E-state index in [1.807, 2.05) is 18.5 Å². The van der Waals surface area contributed by atoms with Crippen LogP contribution in [0, 0.1) is 12.3 Å². The van der Waals surface area contributed by atoms with Crippen molar-refractivity contribution in [1.82, 2.24) is 25.4 Å². The smallest absolute Gasteiger partial charge is 0.192 e. The molecule has 0 unspecified atom stereocenters. The van der Waals surface area contributed by atoms with E-state index in [1.165, 1.54) is 57.8 Å². The second kappa shape index (κ2) is 10.1. The van der Waals surface area contributed by atoms with Crippen LogP contribution in [-0.4, -0.2) is 32.8 Å². The van der Waals surface area contributed by atoms with Crippen molar-refractivity contribution in [2.24, 2.45) is 17.5 Å². The van der Waals surface area contributed by atoms with Gasteiger partial charge in [0.2, 0.25) is 0 Å². The molecule has 3 rings (SSSR count). The van der Waals surface area contributed by atoms with Gasteiger partial charge in [-0.3, -0.25) is 0 Å². The van der Waals surface area contributed by atoms with Crippen molar-refractivity contribution in [3.8, 4) is 0 Å². The molecule has 1 aromatic rings. The number of hydrogen-bond acceptors (Lipinski definition) is 3. The second-order valence-electron chi connectivity index (χ2n) is 8.95. The lowest BCUT2D eigenvalue weighted by molar-refractivity contribution is 0.216. The van der Waals surface area contributed by atoms with Gasteiger partial charge in [0.25, 0.3) is 0 Å². The van der Waals surface area contributed by atoms with Crippen molar-refractivity contribution < 1.29 is 0 Å². The molecule has 0 amide bonds. The van der Waals surface area contributed by atoms with E-state index in [-0.39, 0.29) is 24.0 Å². The molecular formula is C20H37IN6. The van der Waals surface area contributed by atoms with Crippen LogP contribution in [0.4, 0.5) is 0 Å². The molecule has 2 aliphatic carbocycles. The molecule has 7 heteroatoms. The van der Waals surface area contributed by atoms with Crippen LogP contribution in [-0.2, 0) is 13.6 Å². The van der Waals surface area contributed by atoms with Crippen LogP contribution in [0.5, 0.6) is 0 Å². The summed E-state index contributed by atoms with van der Waals surface area (Å²) in [6, 6.07) is 1.08. The first-order valence-electron chi connectivity index (χ1n) is 10.4. The van der Waals surface area contributed by atoms with E-state index in [2.05, 4.69) is 34.7 Å². The van der Waals surface area contributed by atoms with E-state index < -0.39 is 0 Å². The van der Waals surface area contributed by atoms with Gasteiger partial charge in [-0.25, -0.2) is 4.99 Å². The molecule has 2 aliphatic rings. The summed E-state index contributed by atoms with van der Waals surface area (Å²) in [4.78, 5) is 4.86. The van der Waals surface area contributed by atoms with Crippen LogP contribution in [0.3, 0.4) is 0 Å². The quantitative estimate of drug-likeness (QED) is 0.381. The molecule has 154 valence electrons. The third-order valence-electron chi connectivity index (χ3n) is 6.19. The maximum Gasteiger partial charge on any atom is 0.192 e. The summed E-state index contributed by atoms with van der Waals surface area (Å²) < 4.78 is 2.02. The Kier molecular flexibility index (Phi) is 8.37. The lowest BCUT2D eigenvalue weighted by Crippen LogP contribution is -2.49. The molecule has 1 aromatic heterocycles. The first kappa shape index (κ1) is 22.4. The predicted octanol–water partition coefficient (Wildman–Crippen LogP) is 4.08. The summed E-state index contributed by atoms with van der Waals surface area (Å²) in [6.07, 6.45) is 11.5. The summed E-state index contributed by atoms with van der Waals surface area (Å²) in [5.74, 6) is 2.80. The Morgan fingerprint density at radius 1 is 1.04 bits per heavy atom. The fraction of sp³-hybridized carbons (Fsp3) is 0.850. The highest BCUT2D eigenvalue weighted by atomic mass is 127. The molecule has 2 fully saturated rings. The van der Waals surface area contributed by atoms with Crippen LogP contribution in [0.1, 0.15) is 83.3 Å². The van der Waals surface area contributed by atoms with E-state index in [1.54, 1.807) is 0 Å². The van der Waals surface area contributed by atoms with Gasteiger partial charge in [0.05, 0.1) is 0 Å². The first-order valence-corrected chi connectivity index (χ1v) is 10.4. The number of halogens is 1. The Hall–Kier alpha value is -0.860. The summed E-state index contributed by atoms with van der Waals surface area (Å²) in [5, 5.41) is 15.8. The van der Waals surface area contributed by atoms with Crippen LogP contribution in [0.15, 0.2) is 4.99 Å². The second-order valence-corrected chi connectivity index (χ2v) is 8.95. The minimum atomic E-state index is 0. The number of rotatable bonds is 4. The molecule has 0 spiro atoms. The summed E-state index contributed by atoms with van der Waals surface area (Å²) in [6.45, 7) is 7.31. The van der Waals surface area contributed by atoms with Crippen LogP contribution >= 0.6 is 24.0 Å². The summed E-state index contributed by atoms with van der Waals surface area (Å²) in [7, 11) is 2.01. The SMILES string of the molecule is Cc1nnc(CN=C(NC2CCCCC2)NC2CCC(C)(C)CC2)n1C.I. The molecule has 0 aliphatic heterocycles. The molecule has 6 nitrogen and oxygen atoms in total. The third-order valence-corrected chi connectivity index (χ3v) is 6.19. The average Bonchev–Trinajstić information content (AvgIpc) is 2.94. The molecule has 0 aromatic carbocycles. The standard InChI is InChI=1S/C20H36N6.HI/c1-15-24-25-18(26(15)4)14-21-19(22-16-8-6-5-7-9-16)23-17-10-12-20(2,3)13-11-17;/h16-17H,5-14H2,1-4H3,(H2,21,22,23);1H. The van der Waals surface area contributed by atoms with Crippen molar-refractivity contribution in [2.75, 3.05) is 0 Å². The number of hydrogen-bond donors (Lipinski definition) is 2. The third kappa shape index (κ3) is 6.61. The van der Waals surface area contributed by atoms with Gasteiger partial charge in [-0.05, 0) is 50.9 Å². The fourth-order valence-electron chi connectivity index (χ4n) is 4.05. The molecule has 0 radical (unpaired) electrons. The van der Waals surface area contributed by atoms with Crippen molar-refractivity contribution >= 4 is 29.9 Å². The van der Waals surface area contributed by atoms with E-state index in [9.17, 15) is 0 Å². The van der Waals surface area contributed by atoms with Gasteiger partial charge < -0.3 is 15.2 Å². The maximum atomic E-state index is 4.86. The Morgan fingerprint density at radius 3 is 2.19 bits per heavy atom. The van der Waals surface area contributed by atoms with Crippen molar-refractivity contribution in [3.63, 3.8) is 0 Å². The molecule has 2 N–H and O–H groups in total. The van der Waals surface area contributed by atoms with Gasteiger partial charge in [-0.1, -0.05) is 33.1 Å². The predicted molar refractivity (Wildman–Crippen MR) is 121 cm³/mol. The Bertz CT molecular complexity index is 608. The first-order chi connectivity index (χ1) is 12.4. The van der Waals surface area contributed by atoms with Crippen molar-refractivity contribution in [1.29, 1.82) is 0 Å². The lowest BCUT2D eigenvalue weighted by Gasteiger charge is -2.36. The minimum Gasteiger partial charge on any atom is -0.354 e. The van der Waals surface area contributed by atoms with E-state index in [0.717, 1.165) is 17.6 Å². The van der Waals surface area contributed by atoms with Crippen molar-refractivity contribution in [2.45, 2.75) is 97.2 Å². The number of nitrogens with one attached hydrogen (secondary N) is 2. The van der Waals surface area contributed by atoms with Gasteiger partial charge in [0.15, 0.2) is 11.8 Å². The Morgan fingerprint density at radius 2 is 1.63 bits per heavy atom. The number of nitrogens with zero attached hydrogens (tertiary/aromatic N) is 4. The Labute approximate surface area is 181 Å². The molecule has 1 heterocycles. The number of aromatic nitrogens is 3. The van der Waals surface area contributed by atoms with Crippen LogP contribution in [0.25, 0.3) is 0 Å². The van der Waals surface area contributed by atoms with Crippen LogP contribution in [0.2, 0.25) is 0 Å². The zero-order valence-electron chi connectivity index (χ0n) is 17.4. The molecule has 0 saturated heterocycles. The zero-order chi connectivity index (χ0) is 18.6. The van der Waals surface area contributed by atoms with E-state index in [4.69, 9.17) is 4.99 Å². The maximum absolute atomic E-state index is 4.86. The minimum absolute atomic E-state index is 0. The van der Waals surface area contributed by atoms with Gasteiger partial charge in [0.1, 0.15) is 12.4 Å². The zero-order valence-corrected chi connectivity index (χ0v) is 19.8. The average molecular weight is 488 g/mol. The molecular weight excluding hydrogens is 451 g/mol. The van der Waals surface area contributed by atoms with Gasteiger partial charge in [0, 0.05) is 19.1 Å². The molecule has 0 bridgehead atoms. The summed E-state index contributed by atoms with van der Waals surface area (Å²) >= 11 is 0.